The minimum absolute atomic E-state index is 0.0565. The SMILES string of the molecule is CN(C)C(=O)Oc1cc(=O)oc2c1c(=O)n(C)c1ccccc21. The number of hydrogen-bond donors (Lipinski definition) is 0. The van der Waals surface area contributed by atoms with Crippen molar-refractivity contribution in [3.63, 3.8) is 0 Å². The molecule has 118 valence electrons. The van der Waals surface area contributed by atoms with E-state index in [1.807, 2.05) is 0 Å². The van der Waals surface area contributed by atoms with Crippen molar-refractivity contribution in [3.05, 3.63) is 51.1 Å². The first-order chi connectivity index (χ1) is 10.9. The number of pyridine rings is 1. The average molecular weight is 314 g/mol. The van der Waals surface area contributed by atoms with Gasteiger partial charge in [-0.25, -0.2) is 9.59 Å². The highest BCUT2D eigenvalue weighted by atomic mass is 16.6. The summed E-state index contributed by atoms with van der Waals surface area (Å²) in [5.41, 5.74) is -0.386. The molecule has 7 nitrogen and oxygen atoms in total. The Morgan fingerprint density at radius 3 is 2.61 bits per heavy atom. The number of aromatic nitrogens is 1. The van der Waals surface area contributed by atoms with Crippen LogP contribution < -0.4 is 15.9 Å². The molecule has 2 aromatic heterocycles. The molecule has 0 aliphatic heterocycles. The van der Waals surface area contributed by atoms with Gasteiger partial charge in [0.1, 0.15) is 5.39 Å². The van der Waals surface area contributed by atoms with E-state index in [0.29, 0.717) is 10.9 Å². The van der Waals surface area contributed by atoms with Gasteiger partial charge in [-0.15, -0.1) is 0 Å². The standard InChI is InChI=1S/C16H14N2O5/c1-17(2)16(21)22-11-8-12(19)23-14-9-6-4-5-7-10(9)18(3)15(20)13(11)14/h4-8H,1-3H3. The molecular formula is C16H14N2O5. The molecule has 0 aliphatic rings. The first kappa shape index (κ1) is 14.8. The summed E-state index contributed by atoms with van der Waals surface area (Å²) in [6, 6.07) is 8.03. The monoisotopic (exact) mass is 314 g/mol. The number of nitrogens with zero attached hydrogens (tertiary/aromatic N) is 2. The van der Waals surface area contributed by atoms with Crippen LogP contribution in [0, 0.1) is 0 Å². The van der Waals surface area contributed by atoms with Crippen LogP contribution in [0.3, 0.4) is 0 Å². The Kier molecular flexibility index (Phi) is 3.40. The molecule has 3 aromatic rings. The number of amides is 1. The minimum atomic E-state index is -0.697. The van der Waals surface area contributed by atoms with Crippen LogP contribution in [0.4, 0.5) is 4.79 Å². The summed E-state index contributed by atoms with van der Waals surface area (Å²) in [5.74, 6) is -0.110. The van der Waals surface area contributed by atoms with Gasteiger partial charge in [-0.05, 0) is 12.1 Å². The fraction of sp³-hybridized carbons (Fsp3) is 0.188. The highest BCUT2D eigenvalue weighted by Crippen LogP contribution is 2.27. The van der Waals surface area contributed by atoms with Gasteiger partial charge in [-0.3, -0.25) is 4.79 Å². The largest absolute Gasteiger partial charge is 0.422 e. The van der Waals surface area contributed by atoms with Gasteiger partial charge in [-0.1, -0.05) is 12.1 Å². The van der Waals surface area contributed by atoms with Crippen LogP contribution in [0.1, 0.15) is 0 Å². The van der Waals surface area contributed by atoms with Crippen molar-refractivity contribution < 1.29 is 13.9 Å². The zero-order valence-electron chi connectivity index (χ0n) is 12.8. The van der Waals surface area contributed by atoms with Crippen LogP contribution in [-0.4, -0.2) is 29.7 Å². The number of rotatable bonds is 1. The van der Waals surface area contributed by atoms with E-state index >= 15 is 0 Å². The molecule has 0 saturated heterocycles. The van der Waals surface area contributed by atoms with Crippen LogP contribution in [-0.2, 0) is 7.05 Å². The molecule has 7 heteroatoms. The zero-order valence-corrected chi connectivity index (χ0v) is 12.8. The Labute approximate surface area is 130 Å². The molecular weight excluding hydrogens is 300 g/mol. The molecule has 0 spiro atoms. The van der Waals surface area contributed by atoms with Crippen molar-refractivity contribution in [2.75, 3.05) is 14.1 Å². The van der Waals surface area contributed by atoms with Crippen molar-refractivity contribution in [2.24, 2.45) is 7.05 Å². The molecule has 0 unspecified atom stereocenters. The van der Waals surface area contributed by atoms with Gasteiger partial charge in [0.25, 0.3) is 5.56 Å². The molecule has 2 heterocycles. The molecule has 1 amide bonds. The van der Waals surface area contributed by atoms with Gasteiger partial charge in [-0.2, -0.15) is 0 Å². The van der Waals surface area contributed by atoms with Crippen molar-refractivity contribution in [3.8, 4) is 5.75 Å². The van der Waals surface area contributed by atoms with Crippen molar-refractivity contribution >= 4 is 28.0 Å². The predicted molar refractivity (Wildman–Crippen MR) is 84.9 cm³/mol. The first-order valence-electron chi connectivity index (χ1n) is 6.85. The molecule has 0 atom stereocenters. The van der Waals surface area contributed by atoms with Gasteiger partial charge in [0.2, 0.25) is 0 Å². The predicted octanol–water partition coefficient (Wildman–Crippen LogP) is 1.71. The summed E-state index contributed by atoms with van der Waals surface area (Å²) in [6.07, 6.45) is -0.688. The summed E-state index contributed by atoms with van der Waals surface area (Å²) >= 11 is 0. The highest BCUT2D eigenvalue weighted by Gasteiger charge is 2.19. The second kappa shape index (κ2) is 5.28. The second-order valence-electron chi connectivity index (χ2n) is 5.28. The van der Waals surface area contributed by atoms with Gasteiger partial charge in [0.05, 0.1) is 11.6 Å². The van der Waals surface area contributed by atoms with Crippen molar-refractivity contribution in [2.45, 2.75) is 0 Å². The van der Waals surface area contributed by atoms with Crippen LogP contribution in [0.15, 0.2) is 44.3 Å². The highest BCUT2D eigenvalue weighted by molar-refractivity contribution is 6.04. The quantitative estimate of drug-likeness (QED) is 0.639. The molecule has 23 heavy (non-hydrogen) atoms. The molecule has 1 aromatic carbocycles. The van der Waals surface area contributed by atoms with Crippen molar-refractivity contribution in [1.82, 2.24) is 9.47 Å². The van der Waals surface area contributed by atoms with E-state index in [-0.39, 0.29) is 16.7 Å². The number of ether oxygens (including phenoxy) is 1. The van der Waals surface area contributed by atoms with E-state index < -0.39 is 17.3 Å². The Morgan fingerprint density at radius 2 is 1.91 bits per heavy atom. The van der Waals surface area contributed by atoms with Crippen molar-refractivity contribution in [1.29, 1.82) is 0 Å². The van der Waals surface area contributed by atoms with E-state index in [1.54, 1.807) is 31.3 Å². The summed E-state index contributed by atoms with van der Waals surface area (Å²) in [5, 5.41) is 0.644. The maximum Gasteiger partial charge on any atom is 0.414 e. The molecule has 0 bridgehead atoms. The average Bonchev–Trinajstić information content (AvgIpc) is 2.52. The Bertz CT molecular complexity index is 1050. The fourth-order valence-electron chi connectivity index (χ4n) is 2.37. The first-order valence-corrected chi connectivity index (χ1v) is 6.85. The molecule has 0 N–H and O–H groups in total. The molecule has 0 saturated carbocycles. The topological polar surface area (TPSA) is 81.8 Å². The normalized spacial score (nSPS) is 10.9. The number of fused-ring (bicyclic) bond motifs is 3. The molecule has 3 rings (SSSR count). The number of carbonyl (C=O) groups is 1. The minimum Gasteiger partial charge on any atom is -0.422 e. The van der Waals surface area contributed by atoms with E-state index in [4.69, 9.17) is 9.15 Å². The summed E-state index contributed by atoms with van der Waals surface area (Å²) in [7, 11) is 4.61. The third-order valence-electron chi connectivity index (χ3n) is 3.52. The van der Waals surface area contributed by atoms with E-state index in [2.05, 4.69) is 0 Å². The van der Waals surface area contributed by atoms with E-state index in [0.717, 1.165) is 6.07 Å². The Balaban J connectivity index is 2.46. The third-order valence-corrected chi connectivity index (χ3v) is 3.52. The number of aryl methyl sites for hydroxylation is 1. The Hall–Kier alpha value is -3.09. The van der Waals surface area contributed by atoms with Gasteiger partial charge < -0.3 is 18.6 Å². The lowest BCUT2D eigenvalue weighted by Crippen LogP contribution is -2.27. The maximum atomic E-state index is 12.6. The summed E-state index contributed by atoms with van der Waals surface area (Å²) in [6.45, 7) is 0. The van der Waals surface area contributed by atoms with E-state index in [9.17, 15) is 14.4 Å². The summed E-state index contributed by atoms with van der Waals surface area (Å²) in [4.78, 5) is 37.4. The van der Waals surface area contributed by atoms with Crippen LogP contribution >= 0.6 is 0 Å². The Morgan fingerprint density at radius 1 is 1.22 bits per heavy atom. The molecule has 0 aliphatic carbocycles. The number of para-hydroxylation sites is 1. The van der Waals surface area contributed by atoms with Crippen LogP contribution in [0.5, 0.6) is 5.75 Å². The van der Waals surface area contributed by atoms with E-state index in [1.165, 1.54) is 23.6 Å². The lowest BCUT2D eigenvalue weighted by atomic mass is 10.1. The second-order valence-corrected chi connectivity index (χ2v) is 5.28. The summed E-state index contributed by atoms with van der Waals surface area (Å²) < 4.78 is 11.8. The molecule has 0 radical (unpaired) electrons. The number of benzene rings is 1. The third kappa shape index (κ3) is 2.36. The van der Waals surface area contributed by atoms with Crippen LogP contribution in [0.2, 0.25) is 0 Å². The van der Waals surface area contributed by atoms with Gasteiger partial charge in [0.15, 0.2) is 11.3 Å². The lowest BCUT2D eigenvalue weighted by molar-refractivity contribution is 0.172. The fourth-order valence-corrected chi connectivity index (χ4v) is 2.37. The zero-order chi connectivity index (χ0) is 16.7. The number of hydrogen-bond acceptors (Lipinski definition) is 5. The lowest BCUT2D eigenvalue weighted by Gasteiger charge is -2.13. The van der Waals surface area contributed by atoms with Gasteiger partial charge in [0, 0.05) is 26.5 Å². The number of carbonyl (C=O) groups excluding carboxylic acids is 1. The van der Waals surface area contributed by atoms with Gasteiger partial charge >= 0.3 is 11.7 Å². The smallest absolute Gasteiger partial charge is 0.414 e. The van der Waals surface area contributed by atoms with Crippen LogP contribution in [0.25, 0.3) is 21.9 Å². The maximum absolute atomic E-state index is 12.6. The molecule has 0 fully saturated rings.